The Morgan fingerprint density at radius 3 is 2.12 bits per heavy atom. The van der Waals surface area contributed by atoms with Gasteiger partial charge in [-0.15, -0.1) is 5.54 Å². The quantitative estimate of drug-likeness (QED) is 0.469. The topological polar surface area (TPSA) is 45.4 Å². The average Bonchev–Trinajstić information content (AvgIpc) is 2.58. The fourth-order valence-electron chi connectivity index (χ4n) is 1.90. The van der Waals surface area contributed by atoms with Crippen LogP contribution in [0.5, 0.6) is 5.75 Å². The van der Waals surface area contributed by atoms with Gasteiger partial charge in [-0.25, -0.2) is 4.99 Å². The van der Waals surface area contributed by atoms with Crippen LogP contribution in [-0.2, 0) is 0 Å². The molecule has 0 atom stereocenters. The maximum Gasteiger partial charge on any atom is 0.129 e. The Balaban J connectivity index is 2.46. The van der Waals surface area contributed by atoms with Gasteiger partial charge in [0.2, 0.25) is 0 Å². The lowest BCUT2D eigenvalue weighted by atomic mass is 10.1. The van der Waals surface area contributed by atoms with Gasteiger partial charge in [0, 0.05) is 5.56 Å². The first-order valence-electron chi connectivity index (χ1n) is 7.68. The largest absolute Gasteiger partial charge is 0.497 e. The molecular formula is C20H20N2OSi. The molecule has 0 aliphatic carbocycles. The van der Waals surface area contributed by atoms with E-state index in [0.29, 0.717) is 5.56 Å². The standard InChI is InChI=1S/C20H20N2OSi/c1-23-19-11-7-17(8-12-19)20(13-14-24(2,3)4)22-18-9-5-16(15-21)6-10-18/h5-12H,1-4H3. The molecule has 4 heteroatoms. The maximum absolute atomic E-state index is 8.90. The van der Waals surface area contributed by atoms with E-state index in [2.05, 4.69) is 42.2 Å². The van der Waals surface area contributed by atoms with Crippen LogP contribution in [0.3, 0.4) is 0 Å². The van der Waals surface area contributed by atoms with Crippen molar-refractivity contribution in [2.24, 2.45) is 4.99 Å². The van der Waals surface area contributed by atoms with Crippen molar-refractivity contribution in [2.75, 3.05) is 7.11 Å². The fourth-order valence-corrected chi connectivity index (χ4v) is 2.39. The molecule has 0 spiro atoms. The molecule has 2 aromatic carbocycles. The second kappa shape index (κ2) is 7.63. The molecule has 0 aliphatic heterocycles. The monoisotopic (exact) mass is 332 g/mol. The lowest BCUT2D eigenvalue weighted by Crippen LogP contribution is -2.17. The molecule has 0 fully saturated rings. The molecular weight excluding hydrogens is 312 g/mol. The van der Waals surface area contributed by atoms with Crippen molar-refractivity contribution in [3.63, 3.8) is 0 Å². The van der Waals surface area contributed by atoms with Gasteiger partial charge < -0.3 is 4.74 Å². The van der Waals surface area contributed by atoms with Gasteiger partial charge in [0.1, 0.15) is 19.5 Å². The molecule has 0 aromatic heterocycles. The van der Waals surface area contributed by atoms with Crippen LogP contribution in [-0.4, -0.2) is 20.9 Å². The van der Waals surface area contributed by atoms with Crippen molar-refractivity contribution in [1.82, 2.24) is 0 Å². The van der Waals surface area contributed by atoms with Crippen LogP contribution in [0, 0.1) is 22.8 Å². The van der Waals surface area contributed by atoms with Crippen molar-refractivity contribution >= 4 is 19.5 Å². The third-order valence-electron chi connectivity index (χ3n) is 3.16. The predicted octanol–water partition coefficient (Wildman–Crippen LogP) is 4.57. The summed E-state index contributed by atoms with van der Waals surface area (Å²) in [5.41, 5.74) is 6.44. The van der Waals surface area contributed by atoms with Crippen LogP contribution in [0.15, 0.2) is 53.5 Å². The molecule has 0 aliphatic rings. The highest BCUT2D eigenvalue weighted by molar-refractivity contribution is 6.84. The lowest BCUT2D eigenvalue weighted by molar-refractivity contribution is 0.415. The van der Waals surface area contributed by atoms with Gasteiger partial charge in [-0.05, 0) is 48.5 Å². The van der Waals surface area contributed by atoms with Gasteiger partial charge >= 0.3 is 0 Å². The number of ether oxygens (including phenoxy) is 1. The highest BCUT2D eigenvalue weighted by atomic mass is 28.3. The summed E-state index contributed by atoms with van der Waals surface area (Å²) in [4.78, 5) is 4.68. The Bertz CT molecular complexity index is 827. The van der Waals surface area contributed by atoms with E-state index >= 15 is 0 Å². The van der Waals surface area contributed by atoms with Gasteiger partial charge in [-0.2, -0.15) is 5.26 Å². The number of aliphatic imine (C=N–C) groups is 1. The minimum atomic E-state index is -1.51. The molecule has 0 saturated heterocycles. The van der Waals surface area contributed by atoms with E-state index in [1.54, 1.807) is 19.2 Å². The summed E-state index contributed by atoms with van der Waals surface area (Å²) in [6, 6.07) is 17.0. The van der Waals surface area contributed by atoms with Gasteiger partial charge in [0.25, 0.3) is 0 Å². The maximum atomic E-state index is 8.90. The molecule has 0 bridgehead atoms. The Hall–Kier alpha value is -2.82. The molecule has 120 valence electrons. The third-order valence-corrected chi connectivity index (χ3v) is 4.03. The third kappa shape index (κ3) is 5.12. The second-order valence-corrected chi connectivity index (χ2v) is 11.1. The number of methoxy groups -OCH3 is 1. The second-order valence-electron chi connectivity index (χ2n) is 6.35. The minimum absolute atomic E-state index is 0.619. The van der Waals surface area contributed by atoms with Crippen LogP contribution < -0.4 is 4.74 Å². The number of nitriles is 1. The molecule has 0 radical (unpaired) electrons. The summed E-state index contributed by atoms with van der Waals surface area (Å²) in [5, 5.41) is 8.90. The van der Waals surface area contributed by atoms with Crippen molar-refractivity contribution in [1.29, 1.82) is 5.26 Å². The van der Waals surface area contributed by atoms with Crippen molar-refractivity contribution < 1.29 is 4.74 Å². The molecule has 0 N–H and O–H groups in total. The van der Waals surface area contributed by atoms with Gasteiger partial charge in [-0.1, -0.05) is 25.6 Å². The zero-order valence-electron chi connectivity index (χ0n) is 14.4. The Morgan fingerprint density at radius 1 is 1.00 bits per heavy atom. The van der Waals surface area contributed by atoms with E-state index in [1.165, 1.54) is 0 Å². The normalized spacial score (nSPS) is 11.2. The van der Waals surface area contributed by atoms with E-state index in [4.69, 9.17) is 10.00 Å². The van der Waals surface area contributed by atoms with Gasteiger partial charge in [-0.3, -0.25) is 0 Å². The first kappa shape index (κ1) is 17.5. The van der Waals surface area contributed by atoms with Crippen molar-refractivity contribution in [3.8, 4) is 23.3 Å². The summed E-state index contributed by atoms with van der Waals surface area (Å²) in [6.45, 7) is 6.61. The number of benzene rings is 2. The number of hydrogen-bond acceptors (Lipinski definition) is 3. The zero-order chi connectivity index (χ0) is 17.6. The number of rotatable bonds is 3. The summed E-state index contributed by atoms with van der Waals surface area (Å²) in [6.07, 6.45) is 0. The average molecular weight is 332 g/mol. The van der Waals surface area contributed by atoms with Crippen LogP contribution in [0.2, 0.25) is 19.6 Å². The Labute approximate surface area is 144 Å². The summed E-state index contributed by atoms with van der Waals surface area (Å²) >= 11 is 0. The summed E-state index contributed by atoms with van der Waals surface area (Å²) in [7, 11) is 0.132. The van der Waals surface area contributed by atoms with E-state index in [1.807, 2.05) is 36.4 Å². The fraction of sp³-hybridized carbons (Fsp3) is 0.200. The van der Waals surface area contributed by atoms with Crippen molar-refractivity contribution in [2.45, 2.75) is 19.6 Å². The van der Waals surface area contributed by atoms with Crippen LogP contribution >= 0.6 is 0 Å². The predicted molar refractivity (Wildman–Crippen MR) is 101 cm³/mol. The van der Waals surface area contributed by atoms with E-state index in [-0.39, 0.29) is 0 Å². The molecule has 3 nitrogen and oxygen atoms in total. The SMILES string of the molecule is COc1ccc(C(C#C[Si](C)(C)C)=Nc2ccc(C#N)cc2)cc1. The van der Waals surface area contributed by atoms with Crippen molar-refractivity contribution in [3.05, 3.63) is 59.7 Å². The summed E-state index contributed by atoms with van der Waals surface area (Å²) in [5.74, 6) is 4.05. The molecule has 0 unspecified atom stereocenters. The molecule has 2 aromatic rings. The van der Waals surface area contributed by atoms with Crippen LogP contribution in [0.4, 0.5) is 5.69 Å². The van der Waals surface area contributed by atoms with Crippen LogP contribution in [0.25, 0.3) is 0 Å². The number of hydrogen-bond donors (Lipinski definition) is 0. The molecule has 0 saturated carbocycles. The minimum Gasteiger partial charge on any atom is -0.497 e. The first-order valence-corrected chi connectivity index (χ1v) is 11.2. The molecule has 2 rings (SSSR count). The van der Waals surface area contributed by atoms with E-state index in [9.17, 15) is 0 Å². The molecule has 0 amide bonds. The van der Waals surface area contributed by atoms with E-state index < -0.39 is 8.07 Å². The van der Waals surface area contributed by atoms with E-state index in [0.717, 1.165) is 22.7 Å². The van der Waals surface area contributed by atoms with Gasteiger partial charge in [0.05, 0.1) is 24.4 Å². The van der Waals surface area contributed by atoms with Gasteiger partial charge in [0.15, 0.2) is 0 Å². The first-order chi connectivity index (χ1) is 11.4. The smallest absolute Gasteiger partial charge is 0.129 e. The Kier molecular flexibility index (Phi) is 5.58. The highest BCUT2D eigenvalue weighted by Gasteiger charge is 2.09. The van der Waals surface area contributed by atoms with Crippen LogP contribution in [0.1, 0.15) is 11.1 Å². The highest BCUT2D eigenvalue weighted by Crippen LogP contribution is 2.17. The molecule has 24 heavy (non-hydrogen) atoms. The lowest BCUT2D eigenvalue weighted by Gasteiger charge is -2.06. The summed E-state index contributed by atoms with van der Waals surface area (Å²) < 4.78 is 5.21. The number of nitrogens with zero attached hydrogens (tertiary/aromatic N) is 2. The zero-order valence-corrected chi connectivity index (χ0v) is 15.4. The molecule has 0 heterocycles. The Morgan fingerprint density at radius 2 is 1.62 bits per heavy atom.